The summed E-state index contributed by atoms with van der Waals surface area (Å²) in [5.41, 5.74) is 4.59. The van der Waals surface area contributed by atoms with Crippen LogP contribution in [0.15, 0.2) is 70.2 Å². The lowest BCUT2D eigenvalue weighted by Gasteiger charge is -2.02. The highest BCUT2D eigenvalue weighted by Gasteiger charge is 2.09. The topological polar surface area (TPSA) is 97.7 Å². The van der Waals surface area contributed by atoms with Gasteiger partial charge in [0.2, 0.25) is 0 Å². The van der Waals surface area contributed by atoms with Crippen LogP contribution in [0, 0.1) is 17.0 Å². The third kappa shape index (κ3) is 3.84. The van der Waals surface area contributed by atoms with Gasteiger partial charge in [-0.25, -0.2) is 5.43 Å². The van der Waals surface area contributed by atoms with Crippen molar-refractivity contribution in [3.63, 3.8) is 0 Å². The molecule has 0 radical (unpaired) electrons. The average molecular weight is 349 g/mol. The zero-order chi connectivity index (χ0) is 18.5. The van der Waals surface area contributed by atoms with E-state index < -0.39 is 4.92 Å². The van der Waals surface area contributed by atoms with E-state index in [2.05, 4.69) is 10.5 Å². The largest absolute Gasteiger partial charge is 0.455 e. The molecule has 0 aliphatic carbocycles. The number of benzene rings is 2. The van der Waals surface area contributed by atoms with Gasteiger partial charge in [-0.3, -0.25) is 14.9 Å². The van der Waals surface area contributed by atoms with Gasteiger partial charge in [0.15, 0.2) is 0 Å². The first-order chi connectivity index (χ1) is 12.5. The van der Waals surface area contributed by atoms with Crippen LogP contribution in [0.5, 0.6) is 0 Å². The number of carbonyl (C=O) groups excluding carboxylic acids is 1. The lowest BCUT2D eigenvalue weighted by Crippen LogP contribution is -2.18. The van der Waals surface area contributed by atoms with Gasteiger partial charge in [-0.1, -0.05) is 18.2 Å². The Labute approximate surface area is 149 Å². The number of rotatable bonds is 5. The summed E-state index contributed by atoms with van der Waals surface area (Å²) in [6.07, 6.45) is 1.39. The molecule has 0 fully saturated rings. The molecule has 130 valence electrons. The van der Waals surface area contributed by atoms with Gasteiger partial charge in [0.05, 0.1) is 11.1 Å². The minimum atomic E-state index is -0.457. The zero-order valence-corrected chi connectivity index (χ0v) is 13.9. The second kappa shape index (κ2) is 7.43. The Kier molecular flexibility index (Phi) is 4.89. The first-order valence-electron chi connectivity index (χ1n) is 7.78. The van der Waals surface area contributed by atoms with Gasteiger partial charge in [0, 0.05) is 23.3 Å². The molecule has 7 heteroatoms. The quantitative estimate of drug-likeness (QED) is 0.429. The van der Waals surface area contributed by atoms with E-state index in [1.807, 2.05) is 19.1 Å². The predicted octanol–water partition coefficient (Wildman–Crippen LogP) is 3.93. The molecule has 0 spiro atoms. The average Bonchev–Trinajstić information content (AvgIpc) is 3.11. The first-order valence-corrected chi connectivity index (χ1v) is 7.78. The summed E-state index contributed by atoms with van der Waals surface area (Å²) >= 11 is 0. The molecule has 0 saturated heterocycles. The summed E-state index contributed by atoms with van der Waals surface area (Å²) in [5, 5.41) is 14.6. The second-order valence-electron chi connectivity index (χ2n) is 5.52. The Morgan fingerprint density at radius 3 is 2.54 bits per heavy atom. The van der Waals surface area contributed by atoms with Crippen molar-refractivity contribution in [2.24, 2.45) is 5.10 Å². The lowest BCUT2D eigenvalue weighted by atomic mass is 10.1. The van der Waals surface area contributed by atoms with E-state index in [9.17, 15) is 14.9 Å². The highest BCUT2D eigenvalue weighted by atomic mass is 16.6. The van der Waals surface area contributed by atoms with E-state index in [0.717, 1.165) is 5.56 Å². The fourth-order valence-corrected chi connectivity index (χ4v) is 2.37. The molecule has 26 heavy (non-hydrogen) atoms. The number of nitro benzene ring substituents is 1. The Balaban J connectivity index is 1.66. The summed E-state index contributed by atoms with van der Waals surface area (Å²) in [6.45, 7) is 1.85. The third-order valence-corrected chi connectivity index (χ3v) is 3.74. The molecule has 7 nitrogen and oxygen atoms in total. The number of nitrogens with one attached hydrogen (secondary N) is 1. The standard InChI is InChI=1S/C19H15N3O4/c1-13-4-2-3-5-17(13)19(23)21-20-12-16-10-11-18(26-16)14-6-8-15(9-7-14)22(24)25/h2-12H,1H3,(H,21,23)/b20-12+. The second-order valence-corrected chi connectivity index (χ2v) is 5.52. The van der Waals surface area contributed by atoms with Crippen LogP contribution in [0.25, 0.3) is 11.3 Å². The van der Waals surface area contributed by atoms with Crippen molar-refractivity contribution in [1.29, 1.82) is 0 Å². The molecular formula is C19H15N3O4. The minimum Gasteiger partial charge on any atom is -0.455 e. The van der Waals surface area contributed by atoms with Crippen molar-refractivity contribution in [1.82, 2.24) is 5.43 Å². The maximum Gasteiger partial charge on any atom is 0.271 e. The van der Waals surface area contributed by atoms with Crippen molar-refractivity contribution in [2.75, 3.05) is 0 Å². The maximum atomic E-state index is 12.1. The van der Waals surface area contributed by atoms with E-state index in [0.29, 0.717) is 22.6 Å². The number of furan rings is 1. The van der Waals surface area contributed by atoms with Gasteiger partial charge in [-0.05, 0) is 42.8 Å². The fraction of sp³-hybridized carbons (Fsp3) is 0.0526. The lowest BCUT2D eigenvalue weighted by molar-refractivity contribution is -0.384. The predicted molar refractivity (Wildman–Crippen MR) is 97.0 cm³/mol. The van der Waals surface area contributed by atoms with Gasteiger partial charge in [0.25, 0.3) is 11.6 Å². The molecule has 0 saturated carbocycles. The van der Waals surface area contributed by atoms with Crippen LogP contribution in [0.4, 0.5) is 5.69 Å². The molecule has 1 amide bonds. The number of hydrogen-bond donors (Lipinski definition) is 1. The monoisotopic (exact) mass is 349 g/mol. The van der Waals surface area contributed by atoms with Crippen molar-refractivity contribution in [3.8, 4) is 11.3 Å². The van der Waals surface area contributed by atoms with Crippen LogP contribution < -0.4 is 5.43 Å². The Hall–Kier alpha value is -3.74. The Bertz CT molecular complexity index is 974. The molecule has 0 aliphatic rings. The van der Waals surface area contributed by atoms with Crippen LogP contribution >= 0.6 is 0 Å². The molecular weight excluding hydrogens is 334 g/mol. The van der Waals surface area contributed by atoms with Crippen molar-refractivity contribution in [2.45, 2.75) is 6.92 Å². The minimum absolute atomic E-state index is 0.0148. The highest BCUT2D eigenvalue weighted by molar-refractivity contribution is 5.96. The van der Waals surface area contributed by atoms with Gasteiger partial charge >= 0.3 is 0 Å². The van der Waals surface area contributed by atoms with Crippen LogP contribution in [0.1, 0.15) is 21.7 Å². The number of non-ortho nitro benzene ring substituents is 1. The van der Waals surface area contributed by atoms with Crippen LogP contribution in [-0.4, -0.2) is 17.0 Å². The number of carbonyl (C=O) groups is 1. The molecule has 1 heterocycles. The molecule has 3 aromatic rings. The van der Waals surface area contributed by atoms with Crippen LogP contribution in [0.3, 0.4) is 0 Å². The van der Waals surface area contributed by atoms with Crippen LogP contribution in [-0.2, 0) is 0 Å². The molecule has 0 unspecified atom stereocenters. The number of nitro groups is 1. The summed E-state index contributed by atoms with van der Waals surface area (Å²) in [7, 11) is 0. The smallest absolute Gasteiger partial charge is 0.271 e. The maximum absolute atomic E-state index is 12.1. The SMILES string of the molecule is Cc1ccccc1C(=O)N/N=C/c1ccc(-c2ccc([N+](=O)[O-])cc2)o1. The normalized spacial score (nSPS) is 10.8. The third-order valence-electron chi connectivity index (χ3n) is 3.74. The first kappa shape index (κ1) is 17.1. The zero-order valence-electron chi connectivity index (χ0n) is 13.9. The molecule has 0 aliphatic heterocycles. The highest BCUT2D eigenvalue weighted by Crippen LogP contribution is 2.24. The molecule has 1 aromatic heterocycles. The molecule has 3 rings (SSSR count). The molecule has 1 N–H and O–H groups in total. The van der Waals surface area contributed by atoms with Gasteiger partial charge < -0.3 is 4.42 Å². The van der Waals surface area contributed by atoms with Gasteiger partial charge in [-0.15, -0.1) is 0 Å². The Morgan fingerprint density at radius 2 is 1.85 bits per heavy atom. The van der Waals surface area contributed by atoms with Crippen LogP contribution in [0.2, 0.25) is 0 Å². The van der Waals surface area contributed by atoms with E-state index in [-0.39, 0.29) is 11.6 Å². The summed E-state index contributed by atoms with van der Waals surface area (Å²) in [4.78, 5) is 22.3. The molecule has 0 bridgehead atoms. The number of aryl methyl sites for hydroxylation is 1. The van der Waals surface area contributed by atoms with Crippen molar-refractivity contribution in [3.05, 3.63) is 87.7 Å². The molecule has 2 aromatic carbocycles. The van der Waals surface area contributed by atoms with Gasteiger partial charge in [-0.2, -0.15) is 5.10 Å². The summed E-state index contributed by atoms with van der Waals surface area (Å²) in [6, 6.07) is 16.7. The molecule has 0 atom stereocenters. The van der Waals surface area contributed by atoms with E-state index in [1.54, 1.807) is 36.4 Å². The van der Waals surface area contributed by atoms with Gasteiger partial charge in [0.1, 0.15) is 11.5 Å². The van der Waals surface area contributed by atoms with E-state index in [1.165, 1.54) is 18.3 Å². The summed E-state index contributed by atoms with van der Waals surface area (Å²) in [5.74, 6) is 0.691. The summed E-state index contributed by atoms with van der Waals surface area (Å²) < 4.78 is 5.61. The van der Waals surface area contributed by atoms with Crippen molar-refractivity contribution < 1.29 is 14.1 Å². The Morgan fingerprint density at radius 1 is 1.12 bits per heavy atom. The number of amides is 1. The number of hydrogen-bond acceptors (Lipinski definition) is 5. The number of hydrazone groups is 1. The van der Waals surface area contributed by atoms with Crippen molar-refractivity contribution >= 4 is 17.8 Å². The number of nitrogens with zero attached hydrogens (tertiary/aromatic N) is 2. The fourth-order valence-electron chi connectivity index (χ4n) is 2.37. The van der Waals surface area contributed by atoms with E-state index in [4.69, 9.17) is 4.42 Å². The van der Waals surface area contributed by atoms with E-state index >= 15 is 0 Å².